The number of carbonyl (C=O) groups is 2. The molecule has 0 unspecified atom stereocenters. The maximum atomic E-state index is 14.9. The smallest absolute Gasteiger partial charge is 0.336 e. The van der Waals surface area contributed by atoms with Crippen LogP contribution in [0, 0.1) is 5.82 Å². The van der Waals surface area contributed by atoms with Gasteiger partial charge in [-0.15, -0.1) is 0 Å². The molecule has 10 heteroatoms. The Bertz CT molecular complexity index is 1610. The zero-order valence-electron chi connectivity index (χ0n) is 21.6. The molecule has 0 radical (unpaired) electrons. The fraction of sp³-hybridized carbons (Fsp3) is 0.241. The Hall–Kier alpha value is -4.31. The van der Waals surface area contributed by atoms with Crippen LogP contribution in [0.4, 0.5) is 10.1 Å². The standard InChI is InChI=1S/C29H26FN3O5S/c1-16(2)38-25-9-6-19(14-21(25)30)28(34)20(12-17-4-8-26-24(13-17)33(3)10-11-37-26)27(29(35)36)18-5-7-22-23(15-18)32-39-31-22/h4-9,13-16H,10-12H2,1-3H3,(H,35,36). The largest absolute Gasteiger partial charge is 0.490 e. The van der Waals surface area contributed by atoms with Crippen LogP contribution in [-0.4, -0.2) is 51.9 Å². The summed E-state index contributed by atoms with van der Waals surface area (Å²) in [5, 5.41) is 10.4. The highest BCUT2D eigenvalue weighted by molar-refractivity contribution is 7.00. The van der Waals surface area contributed by atoms with E-state index in [1.165, 1.54) is 12.1 Å². The first-order valence-electron chi connectivity index (χ1n) is 12.4. The Morgan fingerprint density at radius 3 is 2.59 bits per heavy atom. The predicted molar refractivity (Wildman–Crippen MR) is 147 cm³/mol. The number of hydrogen-bond donors (Lipinski definition) is 1. The Labute approximate surface area is 228 Å². The maximum Gasteiger partial charge on any atom is 0.336 e. The second-order valence-electron chi connectivity index (χ2n) is 9.52. The molecule has 0 fully saturated rings. The number of likely N-dealkylation sites (N-methyl/N-ethyl adjacent to an activating group) is 1. The van der Waals surface area contributed by atoms with Gasteiger partial charge in [-0.25, -0.2) is 9.18 Å². The zero-order chi connectivity index (χ0) is 27.7. The third kappa shape index (κ3) is 5.46. The molecule has 0 saturated heterocycles. The minimum absolute atomic E-state index is 0.000797. The SMILES string of the molecule is CC(C)Oc1ccc(C(=O)C(Cc2ccc3c(c2)N(C)CCO3)=C(C(=O)O)c2ccc3nsnc3c2)cc1F. The van der Waals surface area contributed by atoms with Gasteiger partial charge in [0.1, 0.15) is 23.4 Å². The lowest BCUT2D eigenvalue weighted by Crippen LogP contribution is -2.28. The summed E-state index contributed by atoms with van der Waals surface area (Å²) >= 11 is 1.02. The van der Waals surface area contributed by atoms with Gasteiger partial charge in [-0.1, -0.05) is 12.1 Å². The zero-order valence-corrected chi connectivity index (χ0v) is 22.4. The number of carboxylic acid groups (broad SMARTS) is 1. The number of Topliss-reactive ketones (excluding diaryl/α,β-unsaturated/α-hetero) is 1. The lowest BCUT2D eigenvalue weighted by molar-refractivity contribution is -0.130. The molecule has 2 heterocycles. The van der Waals surface area contributed by atoms with E-state index in [1.807, 2.05) is 24.1 Å². The summed E-state index contributed by atoms with van der Waals surface area (Å²) in [6.07, 6.45) is -0.253. The summed E-state index contributed by atoms with van der Waals surface area (Å²) in [7, 11) is 1.94. The van der Waals surface area contributed by atoms with E-state index in [2.05, 4.69) is 8.75 Å². The number of benzene rings is 3. The molecule has 3 aromatic carbocycles. The summed E-state index contributed by atoms with van der Waals surface area (Å²) in [5.74, 6) is -1.84. The molecule has 200 valence electrons. The maximum absolute atomic E-state index is 14.9. The van der Waals surface area contributed by atoms with E-state index in [1.54, 1.807) is 38.1 Å². The molecule has 0 atom stereocenters. The third-order valence-corrected chi connectivity index (χ3v) is 6.95. The van der Waals surface area contributed by atoms with Crippen LogP contribution in [0.1, 0.15) is 35.3 Å². The van der Waals surface area contributed by atoms with Crippen molar-refractivity contribution in [1.29, 1.82) is 0 Å². The van der Waals surface area contributed by atoms with Gasteiger partial charge in [0.05, 0.1) is 35.6 Å². The molecular weight excluding hydrogens is 521 g/mol. The first-order chi connectivity index (χ1) is 18.7. The van der Waals surface area contributed by atoms with Crippen LogP contribution in [0.5, 0.6) is 11.5 Å². The van der Waals surface area contributed by atoms with Crippen LogP contribution in [0.15, 0.2) is 60.2 Å². The number of aromatic nitrogens is 2. The van der Waals surface area contributed by atoms with Crippen LogP contribution in [0.3, 0.4) is 0 Å². The van der Waals surface area contributed by atoms with Gasteiger partial charge in [0, 0.05) is 24.6 Å². The molecule has 5 rings (SSSR count). The number of allylic oxidation sites excluding steroid dienone is 1. The molecule has 0 saturated carbocycles. The molecule has 8 nitrogen and oxygen atoms in total. The predicted octanol–water partition coefficient (Wildman–Crippen LogP) is 5.41. The van der Waals surface area contributed by atoms with E-state index in [0.717, 1.165) is 23.5 Å². The van der Waals surface area contributed by atoms with Gasteiger partial charge in [-0.3, -0.25) is 4.79 Å². The minimum atomic E-state index is -1.28. The van der Waals surface area contributed by atoms with Gasteiger partial charge in [-0.2, -0.15) is 8.75 Å². The second kappa shape index (κ2) is 10.8. The topological polar surface area (TPSA) is 102 Å². The number of ether oxygens (including phenoxy) is 2. The van der Waals surface area contributed by atoms with Gasteiger partial charge in [0.15, 0.2) is 17.3 Å². The lowest BCUT2D eigenvalue weighted by atomic mass is 9.89. The number of anilines is 1. The van der Waals surface area contributed by atoms with E-state index >= 15 is 0 Å². The summed E-state index contributed by atoms with van der Waals surface area (Å²) in [6.45, 7) is 4.80. The Balaban J connectivity index is 1.64. The van der Waals surface area contributed by atoms with Gasteiger partial charge in [0.25, 0.3) is 0 Å². The molecule has 39 heavy (non-hydrogen) atoms. The van der Waals surface area contributed by atoms with E-state index < -0.39 is 17.6 Å². The van der Waals surface area contributed by atoms with E-state index in [9.17, 15) is 19.1 Å². The van der Waals surface area contributed by atoms with Crippen molar-refractivity contribution in [3.8, 4) is 11.5 Å². The quantitative estimate of drug-likeness (QED) is 0.231. The normalized spacial score (nSPS) is 13.6. The van der Waals surface area contributed by atoms with Crippen molar-refractivity contribution in [3.63, 3.8) is 0 Å². The Morgan fingerprint density at radius 2 is 1.85 bits per heavy atom. The summed E-state index contributed by atoms with van der Waals surface area (Å²) < 4.78 is 34.5. The molecule has 1 aliphatic rings. The highest BCUT2D eigenvalue weighted by Crippen LogP contribution is 2.34. The fourth-order valence-corrected chi connectivity index (χ4v) is 5.04. The molecule has 0 amide bonds. The number of halogens is 1. The van der Waals surface area contributed by atoms with Crippen molar-refractivity contribution in [2.24, 2.45) is 0 Å². The van der Waals surface area contributed by atoms with Crippen molar-refractivity contribution >= 4 is 45.8 Å². The van der Waals surface area contributed by atoms with Crippen LogP contribution in [-0.2, 0) is 11.2 Å². The minimum Gasteiger partial charge on any atom is -0.490 e. The van der Waals surface area contributed by atoms with Crippen molar-refractivity contribution in [1.82, 2.24) is 8.75 Å². The van der Waals surface area contributed by atoms with Crippen LogP contribution < -0.4 is 14.4 Å². The fourth-order valence-electron chi connectivity index (χ4n) is 4.52. The van der Waals surface area contributed by atoms with Crippen molar-refractivity contribution < 1.29 is 28.6 Å². The Kier molecular flexibility index (Phi) is 7.30. The first-order valence-corrected chi connectivity index (χ1v) is 13.1. The van der Waals surface area contributed by atoms with E-state index in [4.69, 9.17) is 9.47 Å². The van der Waals surface area contributed by atoms with Crippen molar-refractivity contribution in [2.45, 2.75) is 26.4 Å². The van der Waals surface area contributed by atoms with Crippen LogP contribution in [0.2, 0.25) is 0 Å². The molecule has 0 bridgehead atoms. The van der Waals surface area contributed by atoms with Crippen molar-refractivity contribution in [3.05, 3.63) is 82.7 Å². The molecule has 1 aromatic heterocycles. The van der Waals surface area contributed by atoms with Crippen LogP contribution >= 0.6 is 11.7 Å². The second-order valence-corrected chi connectivity index (χ2v) is 10.0. The molecule has 4 aromatic rings. The number of aliphatic carboxylic acids is 1. The average molecular weight is 548 g/mol. The first kappa shape index (κ1) is 26.3. The number of rotatable bonds is 8. The molecular formula is C29H26FN3O5S. The number of fused-ring (bicyclic) bond motifs is 2. The molecule has 1 aliphatic heterocycles. The van der Waals surface area contributed by atoms with E-state index in [-0.39, 0.29) is 35.0 Å². The highest BCUT2D eigenvalue weighted by atomic mass is 32.1. The number of ketones is 1. The van der Waals surface area contributed by atoms with Gasteiger partial charge in [0.2, 0.25) is 0 Å². The number of nitrogens with zero attached hydrogens (tertiary/aromatic N) is 3. The molecule has 1 N–H and O–H groups in total. The van der Waals surface area contributed by atoms with Gasteiger partial charge < -0.3 is 19.5 Å². The van der Waals surface area contributed by atoms with Gasteiger partial charge >= 0.3 is 5.97 Å². The van der Waals surface area contributed by atoms with Crippen LogP contribution in [0.25, 0.3) is 16.6 Å². The van der Waals surface area contributed by atoms with E-state index in [0.29, 0.717) is 41.1 Å². The third-order valence-electron chi connectivity index (χ3n) is 6.39. The monoisotopic (exact) mass is 547 g/mol. The number of hydrogen-bond acceptors (Lipinski definition) is 8. The summed E-state index contributed by atoms with van der Waals surface area (Å²) in [4.78, 5) is 28.7. The number of carbonyl (C=O) groups excluding carboxylic acids is 1. The summed E-state index contributed by atoms with van der Waals surface area (Å²) in [6, 6.07) is 14.3. The molecule has 0 aliphatic carbocycles. The number of carboxylic acids is 1. The average Bonchev–Trinajstić information content (AvgIpc) is 3.37. The summed E-state index contributed by atoms with van der Waals surface area (Å²) in [5.41, 5.74) is 2.88. The highest BCUT2D eigenvalue weighted by Gasteiger charge is 2.26. The Morgan fingerprint density at radius 1 is 1.08 bits per heavy atom. The molecule has 0 spiro atoms. The van der Waals surface area contributed by atoms with Crippen molar-refractivity contribution in [2.75, 3.05) is 25.1 Å². The van der Waals surface area contributed by atoms with Gasteiger partial charge in [-0.05, 0) is 67.4 Å². The lowest BCUT2D eigenvalue weighted by Gasteiger charge is -2.28.